The van der Waals surface area contributed by atoms with Gasteiger partial charge in [-0.3, -0.25) is 0 Å². The van der Waals surface area contributed by atoms with Crippen molar-refractivity contribution in [2.24, 2.45) is 0 Å². The monoisotopic (exact) mass is 695 g/mol. The van der Waals surface area contributed by atoms with Gasteiger partial charge in [-0.05, 0) is 94.4 Å². The van der Waals surface area contributed by atoms with Gasteiger partial charge in [-0.15, -0.1) is 11.3 Å². The van der Waals surface area contributed by atoms with Gasteiger partial charge in [0.15, 0.2) is 0 Å². The molecule has 3 heteroatoms. The van der Waals surface area contributed by atoms with E-state index < -0.39 is 0 Å². The topological polar surface area (TPSA) is 16.4 Å². The second-order valence-corrected chi connectivity index (χ2v) is 15.3. The van der Waals surface area contributed by atoms with Gasteiger partial charge in [0.25, 0.3) is 0 Å². The van der Waals surface area contributed by atoms with E-state index in [-0.39, 0.29) is 5.41 Å². The van der Waals surface area contributed by atoms with Crippen molar-refractivity contribution in [2.75, 3.05) is 4.90 Å². The molecule has 2 aromatic heterocycles. The number of anilines is 3. The lowest BCUT2D eigenvalue weighted by Gasteiger charge is -2.28. The summed E-state index contributed by atoms with van der Waals surface area (Å²) in [6.45, 7) is 2.37. The minimum atomic E-state index is -0.267. The SMILES string of the molecule is CC1(c2ccc3oc4cc(N(c5ccc(-c6ccccc6)cc5)c5cccc6c5sc5ccccc56)ccc4c3c2)c2ccccc2-c2ccccc21. The fourth-order valence-corrected chi connectivity index (χ4v) is 9.96. The predicted molar refractivity (Wildman–Crippen MR) is 224 cm³/mol. The lowest BCUT2D eigenvalue weighted by atomic mass is 9.74. The number of thiophene rings is 1. The van der Waals surface area contributed by atoms with Crippen LogP contribution in [0, 0.1) is 0 Å². The maximum atomic E-state index is 6.69. The predicted octanol–water partition coefficient (Wildman–Crippen LogP) is 14.4. The van der Waals surface area contributed by atoms with Crippen LogP contribution in [0.2, 0.25) is 0 Å². The van der Waals surface area contributed by atoms with Gasteiger partial charge in [0, 0.05) is 49.1 Å². The summed E-state index contributed by atoms with van der Waals surface area (Å²) in [6, 6.07) is 66.1. The first kappa shape index (κ1) is 30.2. The summed E-state index contributed by atoms with van der Waals surface area (Å²) in [6.07, 6.45) is 0. The molecule has 0 atom stereocenters. The molecule has 0 bridgehead atoms. The van der Waals surface area contributed by atoms with Crippen LogP contribution < -0.4 is 4.90 Å². The smallest absolute Gasteiger partial charge is 0.137 e. The molecule has 0 unspecified atom stereocenters. The second-order valence-electron chi connectivity index (χ2n) is 14.2. The second kappa shape index (κ2) is 11.5. The largest absolute Gasteiger partial charge is 0.456 e. The fourth-order valence-electron chi connectivity index (χ4n) is 8.75. The van der Waals surface area contributed by atoms with Gasteiger partial charge in [-0.2, -0.15) is 0 Å². The first-order valence-electron chi connectivity index (χ1n) is 18.2. The molecule has 2 nitrogen and oxygen atoms in total. The molecule has 0 N–H and O–H groups in total. The van der Waals surface area contributed by atoms with E-state index in [2.05, 4.69) is 194 Å². The molecule has 53 heavy (non-hydrogen) atoms. The zero-order valence-corrected chi connectivity index (χ0v) is 29.9. The van der Waals surface area contributed by atoms with Gasteiger partial charge in [0.05, 0.1) is 10.4 Å². The normalized spacial score (nSPS) is 13.2. The summed E-state index contributed by atoms with van der Waals surface area (Å²) in [5.41, 5.74) is 13.8. The molecule has 0 aliphatic heterocycles. The number of furan rings is 1. The average molecular weight is 696 g/mol. The average Bonchev–Trinajstić information content (AvgIpc) is 3.87. The van der Waals surface area contributed by atoms with E-state index in [4.69, 9.17) is 4.42 Å². The standard InChI is InChI=1S/C50H33NOS/c1-50(43-18-8-5-14-37(43)38-15-6-9-19-44(38)50)34-24-29-46-42(30-34)39-28-27-36(31-47(39)52-46)51(35-25-22-33(23-26-35)32-12-3-2-4-13-32)45-20-11-17-41-40-16-7-10-21-48(40)53-49(41)45/h2-31H,1H3. The Balaban J connectivity index is 1.08. The highest BCUT2D eigenvalue weighted by molar-refractivity contribution is 7.26. The zero-order valence-electron chi connectivity index (χ0n) is 29.1. The van der Waals surface area contributed by atoms with Crippen LogP contribution >= 0.6 is 11.3 Å². The molecule has 0 fully saturated rings. The molecule has 1 aliphatic carbocycles. The van der Waals surface area contributed by atoms with Gasteiger partial charge in [-0.25, -0.2) is 0 Å². The molecule has 2 heterocycles. The van der Waals surface area contributed by atoms with E-state index in [0.29, 0.717) is 0 Å². The molecule has 1 aliphatic rings. The van der Waals surface area contributed by atoms with E-state index in [1.54, 1.807) is 0 Å². The van der Waals surface area contributed by atoms with Crippen LogP contribution in [0.1, 0.15) is 23.6 Å². The Morgan fingerprint density at radius 1 is 0.472 bits per heavy atom. The summed E-state index contributed by atoms with van der Waals surface area (Å²) in [4.78, 5) is 2.39. The van der Waals surface area contributed by atoms with Crippen LogP contribution in [0.25, 0.3) is 64.4 Å². The maximum Gasteiger partial charge on any atom is 0.137 e. The number of rotatable bonds is 5. The summed E-state index contributed by atoms with van der Waals surface area (Å²) in [5, 5.41) is 4.82. The van der Waals surface area contributed by atoms with Crippen LogP contribution in [0.4, 0.5) is 17.1 Å². The van der Waals surface area contributed by atoms with Gasteiger partial charge in [-0.1, -0.05) is 127 Å². The first-order chi connectivity index (χ1) is 26.1. The lowest BCUT2D eigenvalue weighted by Crippen LogP contribution is -2.22. The van der Waals surface area contributed by atoms with E-state index in [9.17, 15) is 0 Å². The molecule has 8 aromatic carbocycles. The Morgan fingerprint density at radius 2 is 1.13 bits per heavy atom. The summed E-state index contributed by atoms with van der Waals surface area (Å²) >= 11 is 1.85. The Kier molecular flexibility index (Phi) is 6.58. The molecule has 0 amide bonds. The van der Waals surface area contributed by atoms with Crippen molar-refractivity contribution in [3.8, 4) is 22.3 Å². The van der Waals surface area contributed by atoms with E-state index in [1.165, 1.54) is 59.1 Å². The molecule has 0 saturated carbocycles. The van der Waals surface area contributed by atoms with Crippen molar-refractivity contribution in [1.82, 2.24) is 0 Å². The quantitative estimate of drug-likeness (QED) is 0.178. The van der Waals surface area contributed by atoms with Crippen LogP contribution in [0.5, 0.6) is 0 Å². The van der Waals surface area contributed by atoms with Crippen molar-refractivity contribution < 1.29 is 4.42 Å². The molecule has 0 radical (unpaired) electrons. The number of benzene rings is 8. The van der Waals surface area contributed by atoms with Gasteiger partial charge >= 0.3 is 0 Å². The van der Waals surface area contributed by atoms with Crippen molar-refractivity contribution in [3.05, 3.63) is 199 Å². The highest BCUT2D eigenvalue weighted by Gasteiger charge is 2.40. The van der Waals surface area contributed by atoms with E-state index >= 15 is 0 Å². The minimum Gasteiger partial charge on any atom is -0.456 e. The molecule has 10 aromatic rings. The molecular formula is C50H33NOS. The van der Waals surface area contributed by atoms with E-state index in [1.807, 2.05) is 11.3 Å². The van der Waals surface area contributed by atoms with Crippen LogP contribution in [-0.2, 0) is 5.41 Å². The highest BCUT2D eigenvalue weighted by Crippen LogP contribution is 2.53. The number of hydrogen-bond donors (Lipinski definition) is 0. The summed E-state index contributed by atoms with van der Waals surface area (Å²) in [7, 11) is 0. The maximum absolute atomic E-state index is 6.69. The zero-order chi connectivity index (χ0) is 35.1. The summed E-state index contributed by atoms with van der Waals surface area (Å²) < 4.78 is 9.25. The van der Waals surface area contributed by atoms with Crippen molar-refractivity contribution in [2.45, 2.75) is 12.3 Å². The Labute approximate surface area is 311 Å². The molecule has 0 spiro atoms. The van der Waals surface area contributed by atoms with Crippen molar-refractivity contribution in [1.29, 1.82) is 0 Å². The molecule has 11 rings (SSSR count). The van der Waals surface area contributed by atoms with Gasteiger partial charge < -0.3 is 9.32 Å². The summed E-state index contributed by atoms with van der Waals surface area (Å²) in [5.74, 6) is 0. The Hall–Kier alpha value is -6.42. The van der Waals surface area contributed by atoms with Gasteiger partial charge in [0.2, 0.25) is 0 Å². The fraction of sp³-hybridized carbons (Fsp3) is 0.0400. The Bertz CT molecular complexity index is 2980. The third-order valence-electron chi connectivity index (χ3n) is 11.4. The highest BCUT2D eigenvalue weighted by atomic mass is 32.1. The third kappa shape index (κ3) is 4.51. The molecule has 0 saturated heterocycles. The number of nitrogens with zero attached hydrogens (tertiary/aromatic N) is 1. The van der Waals surface area contributed by atoms with Crippen molar-refractivity contribution >= 4 is 70.5 Å². The van der Waals surface area contributed by atoms with Crippen LogP contribution in [-0.4, -0.2) is 0 Å². The number of fused-ring (bicyclic) bond motifs is 9. The van der Waals surface area contributed by atoms with Crippen LogP contribution in [0.15, 0.2) is 186 Å². The molecule has 250 valence electrons. The lowest BCUT2D eigenvalue weighted by molar-refractivity contribution is 0.667. The third-order valence-corrected chi connectivity index (χ3v) is 12.6. The molecular weight excluding hydrogens is 663 g/mol. The Morgan fingerprint density at radius 3 is 1.92 bits per heavy atom. The first-order valence-corrected chi connectivity index (χ1v) is 19.0. The number of hydrogen-bond acceptors (Lipinski definition) is 3. The van der Waals surface area contributed by atoms with Gasteiger partial charge in [0.1, 0.15) is 11.2 Å². The van der Waals surface area contributed by atoms with Crippen LogP contribution in [0.3, 0.4) is 0 Å². The van der Waals surface area contributed by atoms with E-state index in [0.717, 1.165) is 39.0 Å². The van der Waals surface area contributed by atoms with Crippen molar-refractivity contribution in [3.63, 3.8) is 0 Å². The minimum absolute atomic E-state index is 0.267.